The minimum absolute atomic E-state index is 0.0233. The van der Waals surface area contributed by atoms with E-state index in [1.54, 1.807) is 0 Å². The first-order valence-electron chi connectivity index (χ1n) is 24.7. The molecule has 0 bridgehead atoms. The Morgan fingerprint density at radius 3 is 1.13 bits per heavy atom. The summed E-state index contributed by atoms with van der Waals surface area (Å²) in [7, 11) is 2.82. The number of dihydropyridines is 3. The number of alkyl halides is 9. The molecule has 0 amide bonds. The van der Waals surface area contributed by atoms with Crippen LogP contribution in [0.2, 0.25) is 0 Å². The minimum Gasteiger partial charge on any atom is -0.466 e. The van der Waals surface area contributed by atoms with Crippen LogP contribution in [0.1, 0.15) is 84.3 Å². The van der Waals surface area contributed by atoms with Gasteiger partial charge in [0, 0.05) is 25.1 Å². The number of hydrogen-bond acceptors (Lipinski definition) is 17. The topological polar surface area (TPSA) is 220 Å². The molecule has 0 radical (unpaired) electrons. The van der Waals surface area contributed by atoms with E-state index in [9.17, 15) is 99.4 Å². The number of ether oxygens (including phenoxy) is 7. The van der Waals surface area contributed by atoms with Crippen molar-refractivity contribution in [2.24, 2.45) is 0 Å². The van der Waals surface area contributed by atoms with Crippen molar-refractivity contribution in [3.05, 3.63) is 172 Å². The third kappa shape index (κ3) is 13.7. The molecule has 3 aromatic rings. The maximum atomic E-state index is 14.4. The molecule has 0 fully saturated rings. The molecule has 17 nitrogen and oxygen atoms in total. The lowest BCUT2D eigenvalue weighted by atomic mass is 9.78. The van der Waals surface area contributed by atoms with Gasteiger partial charge in [-0.15, -0.1) is 0 Å². The highest BCUT2D eigenvalue weighted by atomic mass is 19.3. The van der Waals surface area contributed by atoms with Gasteiger partial charge in [-0.1, -0.05) is 0 Å². The molecule has 5 aliphatic rings. The molecule has 32 heteroatoms. The lowest BCUT2D eigenvalue weighted by molar-refractivity contribution is -0.142. The molecule has 3 aromatic carbocycles. The molecule has 1 unspecified atom stereocenters. The van der Waals surface area contributed by atoms with Gasteiger partial charge in [-0.3, -0.25) is 4.79 Å². The fourth-order valence-corrected chi connectivity index (χ4v) is 9.83. The van der Waals surface area contributed by atoms with E-state index in [1.165, 1.54) is 6.92 Å². The van der Waals surface area contributed by atoms with Gasteiger partial charge in [-0.25, -0.2) is 94.6 Å². The first-order valence-corrected chi connectivity index (χ1v) is 24.7. The van der Waals surface area contributed by atoms with Crippen LogP contribution in [0.5, 0.6) is 0 Å². The zero-order valence-corrected chi connectivity index (χ0v) is 45.3. The van der Waals surface area contributed by atoms with E-state index in [4.69, 9.17) is 18.9 Å². The second-order valence-corrected chi connectivity index (χ2v) is 18.1. The average Bonchev–Trinajstić information content (AvgIpc) is 1.80. The Bertz CT molecular complexity index is 3380. The van der Waals surface area contributed by atoms with Crippen molar-refractivity contribution in [3.8, 4) is 0 Å². The molecule has 3 N–H and O–H groups in total. The summed E-state index contributed by atoms with van der Waals surface area (Å²) >= 11 is 0. The van der Waals surface area contributed by atoms with Gasteiger partial charge in [0.15, 0.2) is 0 Å². The highest BCUT2D eigenvalue weighted by molar-refractivity contribution is 6.03. The van der Waals surface area contributed by atoms with Gasteiger partial charge in [0.05, 0.1) is 130 Å². The van der Waals surface area contributed by atoms with Crippen molar-refractivity contribution >= 4 is 41.8 Å². The van der Waals surface area contributed by atoms with Gasteiger partial charge in [0.1, 0.15) is 74.7 Å². The van der Waals surface area contributed by atoms with Crippen molar-refractivity contribution in [1.82, 2.24) is 16.0 Å². The van der Waals surface area contributed by atoms with Crippen molar-refractivity contribution in [2.45, 2.75) is 50.9 Å². The molecule has 0 aliphatic carbocycles. The Hall–Kier alpha value is -9.26. The molecule has 8 rings (SSSR count). The molecule has 0 aromatic heterocycles. The number of methoxy groups -OCH3 is 3. The average molecular weight is 1260 g/mol. The SMILES string of the molecule is CCOC(=O)C1=C(COC(C)=O)NC(CF)=C(C(=O)OC)C1c1cc(F)cc(F)c1C(F)F.COC(=O)C1=C(CF)NC2=C(C(=O)OC2)[C@@H]1c1cc(F)cc(F)c1C(F)F.COC(=O)C1=C(CF)NC2=C(C(=O)OC2)[C@H]1c1cc(F)cc(F)c1C(F)F. The smallest absolute Gasteiger partial charge is 0.337 e. The van der Waals surface area contributed by atoms with Gasteiger partial charge < -0.3 is 49.1 Å². The first kappa shape index (κ1) is 66.9. The fourth-order valence-electron chi connectivity index (χ4n) is 9.83. The van der Waals surface area contributed by atoms with Crippen molar-refractivity contribution < 1.29 is 133 Å². The van der Waals surface area contributed by atoms with Gasteiger partial charge in [-0.05, 0) is 41.8 Å². The number of carbonyl (C=O) groups excluding carboxylic acids is 7. The lowest BCUT2D eigenvalue weighted by Crippen LogP contribution is -2.36. The summed E-state index contributed by atoms with van der Waals surface area (Å²) in [4.78, 5) is 85.4. The molecule has 87 heavy (non-hydrogen) atoms. The van der Waals surface area contributed by atoms with E-state index in [2.05, 4.69) is 30.2 Å². The van der Waals surface area contributed by atoms with Crippen LogP contribution in [-0.2, 0) is 66.7 Å². The number of allylic oxidation sites excluding steroid dienone is 3. The molecular formula is C55H44F15N3O14. The van der Waals surface area contributed by atoms with Crippen LogP contribution in [0, 0.1) is 34.9 Å². The largest absolute Gasteiger partial charge is 0.466 e. The maximum Gasteiger partial charge on any atom is 0.337 e. The highest BCUT2D eigenvalue weighted by Gasteiger charge is 2.48. The highest BCUT2D eigenvalue weighted by Crippen LogP contribution is 2.48. The van der Waals surface area contributed by atoms with Gasteiger partial charge >= 0.3 is 41.8 Å². The van der Waals surface area contributed by atoms with Crippen molar-refractivity contribution in [3.63, 3.8) is 0 Å². The Morgan fingerprint density at radius 1 is 0.494 bits per heavy atom. The summed E-state index contributed by atoms with van der Waals surface area (Å²) < 4.78 is 240. The number of cyclic esters (lactones) is 2. The van der Waals surface area contributed by atoms with Crippen molar-refractivity contribution in [2.75, 3.05) is 67.8 Å². The molecule has 3 atom stereocenters. The van der Waals surface area contributed by atoms with Crippen LogP contribution in [0.4, 0.5) is 65.9 Å². The van der Waals surface area contributed by atoms with Crippen molar-refractivity contribution in [1.29, 1.82) is 0 Å². The predicted octanol–water partition coefficient (Wildman–Crippen LogP) is 8.96. The summed E-state index contributed by atoms with van der Waals surface area (Å²) in [6.07, 6.45) is -10.3. The summed E-state index contributed by atoms with van der Waals surface area (Å²) in [6, 6.07) is 2.38. The lowest BCUT2D eigenvalue weighted by Gasteiger charge is -2.32. The van der Waals surface area contributed by atoms with Crippen LogP contribution < -0.4 is 16.0 Å². The number of halogens is 15. The van der Waals surface area contributed by atoms with Crippen LogP contribution in [0.15, 0.2) is 104 Å². The summed E-state index contributed by atoms with van der Waals surface area (Å²) in [5.74, 6) is -21.2. The molecule has 468 valence electrons. The number of hydrogen-bond donors (Lipinski definition) is 3. The second-order valence-electron chi connectivity index (χ2n) is 18.1. The van der Waals surface area contributed by atoms with E-state index in [1.807, 2.05) is 0 Å². The predicted molar refractivity (Wildman–Crippen MR) is 263 cm³/mol. The summed E-state index contributed by atoms with van der Waals surface area (Å²) in [6.45, 7) is -2.96. The minimum atomic E-state index is -3.50. The fraction of sp³-hybridized carbons (Fsp3) is 0.327. The molecule has 0 saturated heterocycles. The van der Waals surface area contributed by atoms with E-state index in [0.29, 0.717) is 18.2 Å². The van der Waals surface area contributed by atoms with Gasteiger partial charge in [-0.2, -0.15) is 0 Å². The van der Waals surface area contributed by atoms with Gasteiger partial charge in [0.25, 0.3) is 19.3 Å². The third-order valence-electron chi connectivity index (χ3n) is 13.2. The number of benzene rings is 3. The molecule has 0 saturated carbocycles. The Labute approximate surface area is 480 Å². The zero-order valence-electron chi connectivity index (χ0n) is 45.3. The quantitative estimate of drug-likeness (QED) is 0.0692. The Morgan fingerprint density at radius 2 is 0.816 bits per heavy atom. The Kier molecular flexibility index (Phi) is 21.7. The third-order valence-corrected chi connectivity index (χ3v) is 13.2. The van der Waals surface area contributed by atoms with Crippen LogP contribution >= 0.6 is 0 Å². The van der Waals surface area contributed by atoms with Gasteiger partial charge in [0.2, 0.25) is 0 Å². The second kappa shape index (κ2) is 28.3. The summed E-state index contributed by atoms with van der Waals surface area (Å²) in [5, 5.41) is 7.42. The van der Waals surface area contributed by atoms with E-state index in [0.717, 1.165) is 28.3 Å². The Balaban J connectivity index is 0.000000210. The molecular weight excluding hydrogens is 1210 g/mol. The van der Waals surface area contributed by atoms with E-state index in [-0.39, 0.29) is 77.7 Å². The molecule has 5 heterocycles. The van der Waals surface area contributed by atoms with Crippen LogP contribution in [0.3, 0.4) is 0 Å². The van der Waals surface area contributed by atoms with Crippen LogP contribution in [-0.4, -0.2) is 110 Å². The maximum absolute atomic E-state index is 14.4. The number of rotatable bonds is 16. The monoisotopic (exact) mass is 1260 g/mol. The van der Waals surface area contributed by atoms with E-state index < -0.39 is 202 Å². The standard InChI is InChI=1S/C21H20F5NO6.2C17H12F5NO4/c1-4-32-21(30)18-14(8-33-9(2)28)27-13(7-22)17(20(29)31-3)16(18)11-5-10(23)6-12(24)15(11)19(25)26;2*1-26-16(24)13-9(4-18)23-10-5-27-17(25)14(10)12(13)7-2-6(19)3-8(20)11(7)15(21)22/h5-6,16,19,27H,4,7-8H2,1-3H3;2*2-3,12,15,23H,4-5H2,1H3/t;2*12-/m.10/s1. The zero-order chi connectivity index (χ0) is 64.6. The molecule has 5 aliphatic heterocycles. The first-order chi connectivity index (χ1) is 41.2. The number of carbonyl (C=O) groups is 7. The van der Waals surface area contributed by atoms with Crippen LogP contribution in [0.25, 0.3) is 0 Å². The molecule has 0 spiro atoms. The number of nitrogens with one attached hydrogen (secondary N) is 3. The normalized spacial score (nSPS) is 18.0. The summed E-state index contributed by atoms with van der Waals surface area (Å²) in [5.41, 5.74) is -10.4. The van der Waals surface area contributed by atoms with E-state index >= 15 is 0 Å². The number of esters is 7.